The summed E-state index contributed by atoms with van der Waals surface area (Å²) < 4.78 is 0. The summed E-state index contributed by atoms with van der Waals surface area (Å²) in [6, 6.07) is 15.0. The molecule has 0 amide bonds. The van der Waals surface area contributed by atoms with Crippen LogP contribution in [0.5, 0.6) is 0 Å². The summed E-state index contributed by atoms with van der Waals surface area (Å²) in [6.07, 6.45) is 3.20. The lowest BCUT2D eigenvalue weighted by Gasteiger charge is -2.08. The van der Waals surface area contributed by atoms with Crippen molar-refractivity contribution in [3.05, 3.63) is 64.7 Å². The smallest absolute Gasteiger partial charge is 0.0349 e. The van der Waals surface area contributed by atoms with Crippen molar-refractivity contribution >= 4 is 5.69 Å². The van der Waals surface area contributed by atoms with Crippen LogP contribution in [0, 0.1) is 0 Å². The Bertz CT molecular complexity index is 529. The van der Waals surface area contributed by atoms with Crippen LogP contribution in [0.15, 0.2) is 42.5 Å². The Morgan fingerprint density at radius 1 is 0.750 bits per heavy atom. The molecule has 0 saturated heterocycles. The van der Waals surface area contributed by atoms with E-state index in [1.54, 1.807) is 0 Å². The van der Waals surface area contributed by atoms with Crippen molar-refractivity contribution in [2.45, 2.75) is 19.3 Å². The number of hydrogen-bond acceptors (Lipinski definition) is 1. The van der Waals surface area contributed by atoms with E-state index in [0.29, 0.717) is 0 Å². The number of nitrogens with two attached hydrogens (primary N) is 1. The van der Waals surface area contributed by atoms with Crippen LogP contribution in [0.4, 0.5) is 5.69 Å². The van der Waals surface area contributed by atoms with Crippen molar-refractivity contribution in [2.24, 2.45) is 0 Å². The number of anilines is 1. The predicted molar refractivity (Wildman–Crippen MR) is 67.5 cm³/mol. The number of rotatable bonds is 0. The summed E-state index contributed by atoms with van der Waals surface area (Å²) in [4.78, 5) is 0. The second-order valence-electron chi connectivity index (χ2n) is 4.43. The second kappa shape index (κ2) is 3.67. The van der Waals surface area contributed by atoms with E-state index in [4.69, 9.17) is 5.73 Å². The summed E-state index contributed by atoms with van der Waals surface area (Å²) in [6.45, 7) is 0. The van der Waals surface area contributed by atoms with Crippen LogP contribution in [0.2, 0.25) is 0 Å². The molecule has 1 nitrogen and oxygen atoms in total. The van der Waals surface area contributed by atoms with E-state index in [1.807, 2.05) is 6.07 Å². The zero-order valence-corrected chi connectivity index (χ0v) is 9.24. The maximum atomic E-state index is 6.05. The minimum atomic E-state index is 0.949. The molecule has 0 radical (unpaired) electrons. The van der Waals surface area contributed by atoms with Crippen LogP contribution < -0.4 is 5.73 Å². The highest BCUT2D eigenvalue weighted by atomic mass is 14.6. The van der Waals surface area contributed by atoms with Gasteiger partial charge < -0.3 is 5.73 Å². The lowest BCUT2D eigenvalue weighted by Crippen LogP contribution is -1.98. The summed E-state index contributed by atoms with van der Waals surface area (Å²) in [5.41, 5.74) is 12.7. The van der Waals surface area contributed by atoms with Gasteiger partial charge >= 0.3 is 0 Å². The van der Waals surface area contributed by atoms with Crippen LogP contribution in [0.1, 0.15) is 22.3 Å². The number of aryl methyl sites for hydroxylation is 1. The molecular weight excluding hydrogens is 194 g/mol. The maximum absolute atomic E-state index is 6.05. The van der Waals surface area contributed by atoms with Crippen LogP contribution in [0.3, 0.4) is 0 Å². The highest BCUT2D eigenvalue weighted by Gasteiger charge is 2.13. The Morgan fingerprint density at radius 3 is 2.38 bits per heavy atom. The van der Waals surface area contributed by atoms with E-state index in [1.165, 1.54) is 22.3 Å². The minimum absolute atomic E-state index is 0.949. The van der Waals surface area contributed by atoms with Crippen molar-refractivity contribution in [1.82, 2.24) is 0 Å². The van der Waals surface area contributed by atoms with E-state index >= 15 is 0 Å². The van der Waals surface area contributed by atoms with Gasteiger partial charge in [-0.2, -0.15) is 0 Å². The van der Waals surface area contributed by atoms with E-state index in [9.17, 15) is 0 Å². The first-order chi connectivity index (χ1) is 7.84. The number of benzene rings is 2. The Labute approximate surface area is 95.9 Å². The van der Waals surface area contributed by atoms with E-state index < -0.39 is 0 Å². The Morgan fingerprint density at radius 2 is 1.50 bits per heavy atom. The molecule has 0 atom stereocenters. The highest BCUT2D eigenvalue weighted by Crippen LogP contribution is 2.27. The third-order valence-electron chi connectivity index (χ3n) is 3.45. The largest absolute Gasteiger partial charge is 0.398 e. The molecule has 80 valence electrons. The average Bonchev–Trinajstić information content (AvgIpc) is 2.48. The van der Waals surface area contributed by atoms with E-state index in [0.717, 1.165) is 24.9 Å². The Hall–Kier alpha value is -1.76. The minimum Gasteiger partial charge on any atom is -0.398 e. The first kappa shape index (κ1) is 9.46. The van der Waals surface area contributed by atoms with Gasteiger partial charge in [-0.1, -0.05) is 36.4 Å². The monoisotopic (exact) mass is 209 g/mol. The maximum Gasteiger partial charge on any atom is 0.0349 e. The van der Waals surface area contributed by atoms with Gasteiger partial charge in [0.1, 0.15) is 0 Å². The molecular formula is C15H15N. The fourth-order valence-electron chi connectivity index (χ4n) is 2.56. The molecule has 2 aromatic rings. The number of hydrogen-bond donors (Lipinski definition) is 1. The van der Waals surface area contributed by atoms with Gasteiger partial charge in [-0.25, -0.2) is 0 Å². The molecule has 3 rings (SSSR count). The van der Waals surface area contributed by atoms with Gasteiger partial charge in [-0.3, -0.25) is 0 Å². The predicted octanol–water partition coefficient (Wildman–Crippen LogP) is 2.96. The topological polar surface area (TPSA) is 26.0 Å². The van der Waals surface area contributed by atoms with Crippen molar-refractivity contribution in [1.29, 1.82) is 0 Å². The zero-order valence-electron chi connectivity index (χ0n) is 9.24. The summed E-state index contributed by atoms with van der Waals surface area (Å²) >= 11 is 0. The molecule has 1 aliphatic carbocycles. The molecule has 0 spiro atoms. The molecule has 0 fully saturated rings. The first-order valence-corrected chi connectivity index (χ1v) is 5.77. The van der Waals surface area contributed by atoms with E-state index in [-0.39, 0.29) is 0 Å². The van der Waals surface area contributed by atoms with Gasteiger partial charge in [-0.05, 0) is 47.6 Å². The molecule has 0 unspecified atom stereocenters. The highest BCUT2D eigenvalue weighted by molar-refractivity contribution is 5.54. The molecule has 1 heteroatoms. The second-order valence-corrected chi connectivity index (χ2v) is 4.43. The molecule has 0 saturated carbocycles. The van der Waals surface area contributed by atoms with Crippen LogP contribution in [-0.4, -0.2) is 0 Å². The molecule has 2 aromatic carbocycles. The fourth-order valence-corrected chi connectivity index (χ4v) is 2.56. The Kier molecular flexibility index (Phi) is 2.17. The van der Waals surface area contributed by atoms with Gasteiger partial charge in [0.05, 0.1) is 0 Å². The first-order valence-electron chi connectivity index (χ1n) is 5.77. The SMILES string of the molecule is Nc1cccc2c1CCc1ccccc1C2. The molecule has 0 aliphatic heterocycles. The summed E-state index contributed by atoms with van der Waals surface area (Å²) in [5, 5.41) is 0. The molecule has 2 N–H and O–H groups in total. The van der Waals surface area contributed by atoms with Gasteiger partial charge in [0.25, 0.3) is 0 Å². The van der Waals surface area contributed by atoms with E-state index in [2.05, 4.69) is 36.4 Å². The number of nitrogen functional groups attached to an aromatic ring is 1. The third kappa shape index (κ3) is 1.49. The lowest BCUT2D eigenvalue weighted by atomic mass is 10.00. The van der Waals surface area contributed by atoms with Crippen LogP contribution in [-0.2, 0) is 19.3 Å². The van der Waals surface area contributed by atoms with Crippen LogP contribution >= 0.6 is 0 Å². The van der Waals surface area contributed by atoms with Gasteiger partial charge in [-0.15, -0.1) is 0 Å². The van der Waals surface area contributed by atoms with Crippen molar-refractivity contribution in [2.75, 3.05) is 5.73 Å². The average molecular weight is 209 g/mol. The van der Waals surface area contributed by atoms with Crippen molar-refractivity contribution in [3.8, 4) is 0 Å². The molecule has 0 bridgehead atoms. The molecule has 16 heavy (non-hydrogen) atoms. The third-order valence-corrected chi connectivity index (χ3v) is 3.45. The number of fused-ring (bicyclic) bond motifs is 2. The molecule has 0 aromatic heterocycles. The fraction of sp³-hybridized carbons (Fsp3) is 0.200. The standard InChI is InChI=1S/C15H15N/c16-15-7-3-6-13-10-12-5-2-1-4-11(12)8-9-14(13)15/h1-7H,8-10,16H2. The van der Waals surface area contributed by atoms with Crippen molar-refractivity contribution in [3.63, 3.8) is 0 Å². The van der Waals surface area contributed by atoms with Crippen molar-refractivity contribution < 1.29 is 0 Å². The van der Waals surface area contributed by atoms with Gasteiger partial charge in [0, 0.05) is 5.69 Å². The lowest BCUT2D eigenvalue weighted by molar-refractivity contribution is 0.968. The quantitative estimate of drug-likeness (QED) is 0.663. The molecule has 0 heterocycles. The summed E-state index contributed by atoms with van der Waals surface area (Å²) in [5.74, 6) is 0. The normalized spacial score (nSPS) is 13.8. The zero-order chi connectivity index (χ0) is 11.0. The molecule has 1 aliphatic rings. The van der Waals surface area contributed by atoms with Gasteiger partial charge in [0.15, 0.2) is 0 Å². The Balaban J connectivity index is 2.12. The van der Waals surface area contributed by atoms with Crippen LogP contribution in [0.25, 0.3) is 0 Å². The van der Waals surface area contributed by atoms with Gasteiger partial charge in [0.2, 0.25) is 0 Å². The summed E-state index contributed by atoms with van der Waals surface area (Å²) in [7, 11) is 0.